The highest BCUT2D eigenvalue weighted by molar-refractivity contribution is 6.62. The first kappa shape index (κ1) is 18.8. The van der Waals surface area contributed by atoms with Crippen molar-refractivity contribution in [2.24, 2.45) is 0 Å². The predicted octanol–water partition coefficient (Wildman–Crippen LogP) is 3.43. The van der Waals surface area contributed by atoms with Gasteiger partial charge in [-0.3, -0.25) is 0 Å². The van der Waals surface area contributed by atoms with Gasteiger partial charge in [-0.15, -0.1) is 5.10 Å². The lowest BCUT2D eigenvalue weighted by molar-refractivity contribution is 0.00578. The lowest BCUT2D eigenvalue weighted by Crippen LogP contribution is -2.41. The molecule has 0 amide bonds. The molecule has 0 unspecified atom stereocenters. The third-order valence-electron chi connectivity index (χ3n) is 5.53. The first-order valence-corrected chi connectivity index (χ1v) is 9.34. The van der Waals surface area contributed by atoms with E-state index < -0.39 is 0 Å². The van der Waals surface area contributed by atoms with Gasteiger partial charge in [-0.05, 0) is 50.9 Å². The quantitative estimate of drug-likeness (QED) is 0.652. The first-order chi connectivity index (χ1) is 13.2. The van der Waals surface area contributed by atoms with Crippen molar-refractivity contribution in [2.45, 2.75) is 45.4 Å². The SMILES string of the molecule is CC1(C)OB(c2ccc(-c3cn(Cc4ccc(F)cc4)nn3)cc2)OC1(C)C. The van der Waals surface area contributed by atoms with E-state index in [-0.39, 0.29) is 24.1 Å². The minimum absolute atomic E-state index is 0.245. The molecule has 0 saturated carbocycles. The molecule has 0 N–H and O–H groups in total. The van der Waals surface area contributed by atoms with Crippen molar-refractivity contribution in [3.63, 3.8) is 0 Å². The maximum Gasteiger partial charge on any atom is 0.494 e. The molecule has 4 rings (SSSR count). The van der Waals surface area contributed by atoms with Gasteiger partial charge >= 0.3 is 7.12 Å². The number of nitrogens with zero attached hydrogens (tertiary/aromatic N) is 3. The second kappa shape index (κ2) is 6.83. The van der Waals surface area contributed by atoms with Crippen molar-refractivity contribution in [3.8, 4) is 11.3 Å². The van der Waals surface area contributed by atoms with Crippen LogP contribution in [0, 0.1) is 5.82 Å². The van der Waals surface area contributed by atoms with Gasteiger partial charge in [-0.1, -0.05) is 41.6 Å². The minimum atomic E-state index is -0.381. The summed E-state index contributed by atoms with van der Waals surface area (Å²) < 4.78 is 27.0. The predicted molar refractivity (Wildman–Crippen MR) is 107 cm³/mol. The van der Waals surface area contributed by atoms with Crippen LogP contribution in [-0.4, -0.2) is 33.3 Å². The average Bonchev–Trinajstić information content (AvgIpc) is 3.19. The Morgan fingerprint density at radius 2 is 1.54 bits per heavy atom. The highest BCUT2D eigenvalue weighted by Gasteiger charge is 2.51. The summed E-state index contributed by atoms with van der Waals surface area (Å²) in [4.78, 5) is 0. The molecule has 1 aliphatic heterocycles. The topological polar surface area (TPSA) is 49.2 Å². The smallest absolute Gasteiger partial charge is 0.399 e. The van der Waals surface area contributed by atoms with Crippen molar-refractivity contribution < 1.29 is 13.7 Å². The van der Waals surface area contributed by atoms with Crippen molar-refractivity contribution in [1.29, 1.82) is 0 Å². The zero-order chi connectivity index (χ0) is 19.9. The van der Waals surface area contributed by atoms with E-state index >= 15 is 0 Å². The van der Waals surface area contributed by atoms with Gasteiger partial charge in [-0.25, -0.2) is 9.07 Å². The molecule has 0 bridgehead atoms. The van der Waals surface area contributed by atoms with Crippen LogP contribution in [0.15, 0.2) is 54.7 Å². The molecule has 1 fully saturated rings. The number of hydrogen-bond acceptors (Lipinski definition) is 4. The Balaban J connectivity index is 1.48. The third kappa shape index (κ3) is 3.60. The molecule has 3 aromatic rings. The maximum absolute atomic E-state index is 13.0. The Labute approximate surface area is 164 Å². The average molecular weight is 379 g/mol. The number of hydrogen-bond donors (Lipinski definition) is 0. The highest BCUT2D eigenvalue weighted by atomic mass is 19.1. The van der Waals surface area contributed by atoms with E-state index in [1.54, 1.807) is 16.8 Å². The second-order valence-corrected chi connectivity index (χ2v) is 8.14. The fourth-order valence-corrected chi connectivity index (χ4v) is 3.07. The van der Waals surface area contributed by atoms with Crippen LogP contribution in [0.25, 0.3) is 11.3 Å². The molecule has 2 heterocycles. The van der Waals surface area contributed by atoms with Crippen molar-refractivity contribution >= 4 is 12.6 Å². The van der Waals surface area contributed by atoms with Crippen LogP contribution in [0.3, 0.4) is 0 Å². The van der Waals surface area contributed by atoms with Crippen LogP contribution >= 0.6 is 0 Å². The molecule has 1 saturated heterocycles. The lowest BCUT2D eigenvalue weighted by Gasteiger charge is -2.32. The Hall–Kier alpha value is -2.51. The summed E-state index contributed by atoms with van der Waals surface area (Å²) >= 11 is 0. The molecule has 7 heteroatoms. The summed E-state index contributed by atoms with van der Waals surface area (Å²) in [6.45, 7) is 8.71. The number of aromatic nitrogens is 3. The molecule has 2 aromatic carbocycles. The van der Waals surface area contributed by atoms with E-state index in [1.807, 2.05) is 58.2 Å². The van der Waals surface area contributed by atoms with E-state index in [9.17, 15) is 4.39 Å². The molecule has 28 heavy (non-hydrogen) atoms. The molecule has 144 valence electrons. The normalized spacial score (nSPS) is 17.8. The standard InChI is InChI=1S/C21H23BFN3O2/c1-20(2)21(3,4)28-22(27-20)17-9-7-16(8-10-17)19-14-26(25-24-19)13-15-5-11-18(23)12-6-15/h5-12,14H,13H2,1-4H3. The van der Waals surface area contributed by atoms with Crippen LogP contribution in [0.5, 0.6) is 0 Å². The Kier molecular flexibility index (Phi) is 4.60. The Morgan fingerprint density at radius 1 is 0.929 bits per heavy atom. The summed E-state index contributed by atoms with van der Waals surface area (Å²) in [7, 11) is -0.381. The van der Waals surface area contributed by atoms with Gasteiger partial charge < -0.3 is 9.31 Å². The van der Waals surface area contributed by atoms with E-state index in [2.05, 4.69) is 10.3 Å². The molecule has 0 radical (unpaired) electrons. The van der Waals surface area contributed by atoms with Crippen molar-refractivity contribution in [3.05, 3.63) is 66.1 Å². The molecule has 1 aliphatic rings. The maximum atomic E-state index is 13.0. The zero-order valence-corrected chi connectivity index (χ0v) is 16.5. The molecule has 0 spiro atoms. The van der Waals surface area contributed by atoms with E-state index in [0.29, 0.717) is 6.54 Å². The van der Waals surface area contributed by atoms with Gasteiger partial charge in [0.15, 0.2) is 0 Å². The monoisotopic (exact) mass is 379 g/mol. The number of rotatable bonds is 4. The van der Waals surface area contributed by atoms with Crippen LogP contribution in [0.1, 0.15) is 33.3 Å². The second-order valence-electron chi connectivity index (χ2n) is 8.14. The van der Waals surface area contributed by atoms with Crippen LogP contribution in [0.4, 0.5) is 4.39 Å². The first-order valence-electron chi connectivity index (χ1n) is 9.34. The van der Waals surface area contributed by atoms with Crippen molar-refractivity contribution in [1.82, 2.24) is 15.0 Å². The van der Waals surface area contributed by atoms with Crippen LogP contribution in [0.2, 0.25) is 0 Å². The van der Waals surface area contributed by atoms with E-state index in [0.717, 1.165) is 22.3 Å². The Morgan fingerprint density at radius 3 is 2.14 bits per heavy atom. The zero-order valence-electron chi connectivity index (χ0n) is 16.5. The fraction of sp³-hybridized carbons (Fsp3) is 0.333. The summed E-state index contributed by atoms with van der Waals surface area (Å²) in [5, 5.41) is 8.42. The molecule has 0 aliphatic carbocycles. The largest absolute Gasteiger partial charge is 0.494 e. The van der Waals surface area contributed by atoms with Gasteiger partial charge in [0, 0.05) is 5.56 Å². The molecular weight excluding hydrogens is 356 g/mol. The molecular formula is C21H23BFN3O2. The van der Waals surface area contributed by atoms with Gasteiger partial charge in [0.05, 0.1) is 23.9 Å². The fourth-order valence-electron chi connectivity index (χ4n) is 3.07. The highest BCUT2D eigenvalue weighted by Crippen LogP contribution is 2.36. The van der Waals surface area contributed by atoms with Gasteiger partial charge in [-0.2, -0.15) is 0 Å². The summed E-state index contributed by atoms with van der Waals surface area (Å²) in [5.74, 6) is -0.245. The lowest BCUT2D eigenvalue weighted by atomic mass is 9.79. The number of benzene rings is 2. The van der Waals surface area contributed by atoms with Crippen molar-refractivity contribution in [2.75, 3.05) is 0 Å². The van der Waals surface area contributed by atoms with Gasteiger partial charge in [0.2, 0.25) is 0 Å². The van der Waals surface area contributed by atoms with E-state index in [1.165, 1.54) is 12.1 Å². The Bertz CT molecular complexity index is 952. The van der Waals surface area contributed by atoms with E-state index in [4.69, 9.17) is 9.31 Å². The molecule has 1 aromatic heterocycles. The summed E-state index contributed by atoms with van der Waals surface area (Å²) in [6.07, 6.45) is 1.88. The number of halogens is 1. The molecule has 5 nitrogen and oxygen atoms in total. The van der Waals surface area contributed by atoms with Gasteiger partial charge in [0.25, 0.3) is 0 Å². The molecule has 0 atom stereocenters. The van der Waals surface area contributed by atoms with Crippen LogP contribution in [-0.2, 0) is 15.9 Å². The van der Waals surface area contributed by atoms with Gasteiger partial charge in [0.1, 0.15) is 11.5 Å². The third-order valence-corrected chi connectivity index (χ3v) is 5.53. The van der Waals surface area contributed by atoms with Crippen LogP contribution < -0.4 is 5.46 Å². The minimum Gasteiger partial charge on any atom is -0.399 e. The summed E-state index contributed by atoms with van der Waals surface area (Å²) in [5.41, 5.74) is 2.96. The summed E-state index contributed by atoms with van der Waals surface area (Å²) in [6, 6.07) is 14.4.